The van der Waals surface area contributed by atoms with Crippen molar-refractivity contribution in [3.8, 4) is 0 Å². The van der Waals surface area contributed by atoms with Crippen molar-refractivity contribution < 1.29 is 9.90 Å². The average molecular weight is 320 g/mol. The summed E-state index contributed by atoms with van der Waals surface area (Å²) in [4.78, 5) is 13.2. The topological polar surface area (TPSA) is 40.5 Å². The standard InChI is InChI=1S/C15H14BrNO2/c1-10-6-8-11(9-7-10)17(2)13-5-3-4-12(16)14(13)15(18)19/h3-9H,1-2H3,(H,18,19). The van der Waals surface area contributed by atoms with Crippen LogP contribution in [0.4, 0.5) is 11.4 Å². The Kier molecular flexibility index (Phi) is 3.90. The molecule has 0 saturated heterocycles. The van der Waals surface area contributed by atoms with Crippen LogP contribution in [0.5, 0.6) is 0 Å². The molecule has 0 amide bonds. The van der Waals surface area contributed by atoms with Crippen molar-refractivity contribution in [2.75, 3.05) is 11.9 Å². The first-order chi connectivity index (χ1) is 9.00. The second-order valence-electron chi connectivity index (χ2n) is 4.33. The largest absolute Gasteiger partial charge is 0.478 e. The summed E-state index contributed by atoms with van der Waals surface area (Å²) in [6.07, 6.45) is 0. The van der Waals surface area contributed by atoms with Crippen LogP contribution in [-0.2, 0) is 0 Å². The Balaban J connectivity index is 2.49. The Hall–Kier alpha value is -1.81. The summed E-state index contributed by atoms with van der Waals surface area (Å²) < 4.78 is 0.580. The van der Waals surface area contributed by atoms with Gasteiger partial charge in [-0.2, -0.15) is 0 Å². The van der Waals surface area contributed by atoms with E-state index in [0.717, 1.165) is 5.69 Å². The molecule has 98 valence electrons. The predicted octanol–water partition coefficient (Wildman–Crippen LogP) is 4.22. The van der Waals surface area contributed by atoms with Gasteiger partial charge in [-0.05, 0) is 47.1 Å². The van der Waals surface area contributed by atoms with Crippen LogP contribution < -0.4 is 4.90 Å². The minimum atomic E-state index is -0.943. The third-order valence-electron chi connectivity index (χ3n) is 2.99. The number of halogens is 1. The zero-order valence-electron chi connectivity index (χ0n) is 10.7. The third-order valence-corrected chi connectivity index (χ3v) is 3.65. The van der Waals surface area contributed by atoms with Crippen LogP contribution in [0.15, 0.2) is 46.9 Å². The van der Waals surface area contributed by atoms with Crippen molar-refractivity contribution in [2.45, 2.75) is 6.92 Å². The summed E-state index contributed by atoms with van der Waals surface area (Å²) in [5.74, 6) is -0.943. The molecule has 0 saturated carbocycles. The zero-order chi connectivity index (χ0) is 14.0. The molecule has 19 heavy (non-hydrogen) atoms. The maximum absolute atomic E-state index is 11.4. The van der Waals surface area contributed by atoms with E-state index in [4.69, 9.17) is 0 Å². The Labute approximate surface area is 120 Å². The molecule has 0 aliphatic carbocycles. The maximum atomic E-state index is 11.4. The molecule has 0 unspecified atom stereocenters. The van der Waals surface area contributed by atoms with Gasteiger partial charge in [0.1, 0.15) is 0 Å². The van der Waals surface area contributed by atoms with Crippen molar-refractivity contribution in [1.82, 2.24) is 0 Å². The summed E-state index contributed by atoms with van der Waals surface area (Å²) >= 11 is 3.29. The van der Waals surface area contributed by atoms with Crippen LogP contribution in [-0.4, -0.2) is 18.1 Å². The summed E-state index contributed by atoms with van der Waals surface area (Å²) in [6.45, 7) is 2.02. The molecule has 2 aromatic rings. The first-order valence-electron chi connectivity index (χ1n) is 5.83. The van der Waals surface area contributed by atoms with Gasteiger partial charge in [-0.15, -0.1) is 0 Å². The fourth-order valence-electron chi connectivity index (χ4n) is 1.91. The van der Waals surface area contributed by atoms with E-state index in [1.807, 2.05) is 49.2 Å². The van der Waals surface area contributed by atoms with Gasteiger partial charge in [-0.25, -0.2) is 4.79 Å². The highest BCUT2D eigenvalue weighted by Gasteiger charge is 2.17. The van der Waals surface area contributed by atoms with E-state index in [-0.39, 0.29) is 5.56 Å². The summed E-state index contributed by atoms with van der Waals surface area (Å²) in [5.41, 5.74) is 3.05. The molecule has 0 bridgehead atoms. The molecule has 0 spiro atoms. The van der Waals surface area contributed by atoms with Crippen LogP contribution >= 0.6 is 15.9 Å². The van der Waals surface area contributed by atoms with Gasteiger partial charge < -0.3 is 10.0 Å². The van der Waals surface area contributed by atoms with Gasteiger partial charge in [0.15, 0.2) is 0 Å². The van der Waals surface area contributed by atoms with E-state index in [1.165, 1.54) is 5.56 Å². The second kappa shape index (κ2) is 5.45. The molecular weight excluding hydrogens is 306 g/mol. The number of hydrogen-bond donors (Lipinski definition) is 1. The number of carboxylic acid groups (broad SMARTS) is 1. The number of rotatable bonds is 3. The fraction of sp³-hybridized carbons (Fsp3) is 0.133. The van der Waals surface area contributed by atoms with Crippen molar-refractivity contribution in [3.05, 3.63) is 58.1 Å². The predicted molar refractivity (Wildman–Crippen MR) is 80.3 cm³/mol. The molecule has 0 aliphatic heterocycles. The van der Waals surface area contributed by atoms with Crippen molar-refractivity contribution in [2.24, 2.45) is 0 Å². The molecule has 4 heteroatoms. The lowest BCUT2D eigenvalue weighted by atomic mass is 10.1. The molecule has 1 N–H and O–H groups in total. The quantitative estimate of drug-likeness (QED) is 0.920. The van der Waals surface area contributed by atoms with E-state index in [9.17, 15) is 9.90 Å². The molecule has 3 nitrogen and oxygen atoms in total. The van der Waals surface area contributed by atoms with Crippen LogP contribution in [0, 0.1) is 6.92 Å². The van der Waals surface area contributed by atoms with Gasteiger partial charge in [0, 0.05) is 17.2 Å². The highest BCUT2D eigenvalue weighted by molar-refractivity contribution is 9.10. The number of nitrogens with zero attached hydrogens (tertiary/aromatic N) is 1. The van der Waals surface area contributed by atoms with Crippen molar-refractivity contribution in [3.63, 3.8) is 0 Å². The molecular formula is C15H14BrNO2. The lowest BCUT2D eigenvalue weighted by molar-refractivity contribution is 0.0696. The van der Waals surface area contributed by atoms with Gasteiger partial charge in [-0.1, -0.05) is 23.8 Å². The third kappa shape index (κ3) is 2.79. The minimum Gasteiger partial charge on any atom is -0.478 e. The van der Waals surface area contributed by atoms with Gasteiger partial charge in [0.25, 0.3) is 0 Å². The normalized spacial score (nSPS) is 10.3. The van der Waals surface area contributed by atoms with Crippen LogP contribution in [0.3, 0.4) is 0 Å². The van der Waals surface area contributed by atoms with Crippen molar-refractivity contribution in [1.29, 1.82) is 0 Å². The first-order valence-corrected chi connectivity index (χ1v) is 6.62. The van der Waals surface area contributed by atoms with E-state index in [2.05, 4.69) is 15.9 Å². The fourth-order valence-corrected chi connectivity index (χ4v) is 2.44. The number of benzene rings is 2. The van der Waals surface area contributed by atoms with Gasteiger partial charge in [-0.3, -0.25) is 0 Å². The monoisotopic (exact) mass is 319 g/mol. The Morgan fingerprint density at radius 1 is 1.16 bits per heavy atom. The number of aromatic carboxylic acids is 1. The zero-order valence-corrected chi connectivity index (χ0v) is 12.3. The lowest BCUT2D eigenvalue weighted by Gasteiger charge is -2.22. The molecule has 0 aromatic heterocycles. The molecule has 0 radical (unpaired) electrons. The number of carboxylic acids is 1. The average Bonchev–Trinajstić information content (AvgIpc) is 2.38. The number of anilines is 2. The van der Waals surface area contributed by atoms with E-state index >= 15 is 0 Å². The number of aryl methyl sites for hydroxylation is 1. The van der Waals surface area contributed by atoms with Crippen molar-refractivity contribution >= 4 is 33.3 Å². The summed E-state index contributed by atoms with van der Waals surface area (Å²) in [6, 6.07) is 13.3. The van der Waals surface area contributed by atoms with E-state index in [0.29, 0.717) is 10.2 Å². The second-order valence-corrected chi connectivity index (χ2v) is 5.19. The highest BCUT2D eigenvalue weighted by atomic mass is 79.9. The Morgan fingerprint density at radius 3 is 2.37 bits per heavy atom. The molecule has 0 atom stereocenters. The Morgan fingerprint density at radius 2 is 1.79 bits per heavy atom. The number of carbonyl (C=O) groups is 1. The molecule has 0 fully saturated rings. The van der Waals surface area contributed by atoms with Crippen LogP contribution in [0.1, 0.15) is 15.9 Å². The van der Waals surface area contributed by atoms with E-state index in [1.54, 1.807) is 12.1 Å². The highest BCUT2D eigenvalue weighted by Crippen LogP contribution is 2.31. The SMILES string of the molecule is Cc1ccc(N(C)c2cccc(Br)c2C(=O)O)cc1. The van der Waals surface area contributed by atoms with E-state index < -0.39 is 5.97 Å². The van der Waals surface area contributed by atoms with Gasteiger partial charge in [0.2, 0.25) is 0 Å². The summed E-state index contributed by atoms with van der Waals surface area (Å²) in [5, 5.41) is 9.33. The minimum absolute atomic E-state index is 0.269. The van der Waals surface area contributed by atoms with Gasteiger partial charge >= 0.3 is 5.97 Å². The van der Waals surface area contributed by atoms with Crippen LogP contribution in [0.25, 0.3) is 0 Å². The summed E-state index contributed by atoms with van der Waals surface area (Å²) in [7, 11) is 1.86. The smallest absolute Gasteiger partial charge is 0.338 e. The molecule has 2 rings (SSSR count). The maximum Gasteiger partial charge on any atom is 0.338 e. The number of hydrogen-bond acceptors (Lipinski definition) is 2. The van der Waals surface area contributed by atoms with Crippen LogP contribution in [0.2, 0.25) is 0 Å². The first kappa shape index (κ1) is 13.6. The molecule has 0 aliphatic rings. The Bertz CT molecular complexity index is 608. The van der Waals surface area contributed by atoms with Gasteiger partial charge in [0.05, 0.1) is 11.3 Å². The molecule has 0 heterocycles. The lowest BCUT2D eigenvalue weighted by Crippen LogP contribution is -2.14. The molecule has 2 aromatic carbocycles.